The fraction of sp³-hybridized carbons (Fsp3) is 0.227. The van der Waals surface area contributed by atoms with Crippen LogP contribution >= 0.6 is 0 Å². The minimum atomic E-state index is -0.335. The van der Waals surface area contributed by atoms with Gasteiger partial charge in [-0.15, -0.1) is 0 Å². The molecule has 0 saturated carbocycles. The summed E-state index contributed by atoms with van der Waals surface area (Å²) >= 11 is 0. The molecule has 2 N–H and O–H groups in total. The van der Waals surface area contributed by atoms with Crippen LogP contribution in [0.5, 0.6) is 11.5 Å². The summed E-state index contributed by atoms with van der Waals surface area (Å²) in [5, 5.41) is 18.4. The Kier molecular flexibility index (Phi) is 5.29. The van der Waals surface area contributed by atoms with Crippen molar-refractivity contribution >= 4 is 12.1 Å². The Hall–Kier alpha value is -3.61. The van der Waals surface area contributed by atoms with E-state index < -0.39 is 0 Å². The van der Waals surface area contributed by atoms with E-state index in [1.54, 1.807) is 12.1 Å². The van der Waals surface area contributed by atoms with Crippen molar-refractivity contribution < 1.29 is 14.6 Å². The molecule has 3 aromatic rings. The Morgan fingerprint density at radius 3 is 2.90 bits per heavy atom. The Bertz CT molecular complexity index is 1060. The maximum absolute atomic E-state index is 12.7. The highest BCUT2D eigenvalue weighted by Crippen LogP contribution is 2.28. The number of rotatable bonds is 6. The van der Waals surface area contributed by atoms with Crippen molar-refractivity contribution in [3.8, 4) is 17.2 Å². The van der Waals surface area contributed by atoms with Crippen LogP contribution in [0.15, 0.2) is 53.6 Å². The van der Waals surface area contributed by atoms with Gasteiger partial charge < -0.3 is 9.84 Å². The summed E-state index contributed by atoms with van der Waals surface area (Å²) in [6.07, 6.45) is 4.26. The summed E-state index contributed by atoms with van der Waals surface area (Å²) in [4.78, 5) is 12.7. The molecule has 7 heteroatoms. The summed E-state index contributed by atoms with van der Waals surface area (Å²) in [6, 6.07) is 14.7. The fourth-order valence-corrected chi connectivity index (χ4v) is 3.50. The molecule has 1 aliphatic rings. The normalized spacial score (nSPS) is 12.9. The molecule has 1 aliphatic carbocycles. The van der Waals surface area contributed by atoms with Gasteiger partial charge in [0.25, 0.3) is 5.91 Å². The molecule has 0 unspecified atom stereocenters. The largest absolute Gasteiger partial charge is 0.504 e. The SMILES string of the molecule is CCOc1cc(/C=N/NC(=O)c2nn(-c3ccccc3)c3c2CCC3)ccc1O. The minimum Gasteiger partial charge on any atom is -0.504 e. The molecule has 0 aliphatic heterocycles. The average Bonchev–Trinajstić information content (AvgIpc) is 3.34. The van der Waals surface area contributed by atoms with Gasteiger partial charge >= 0.3 is 0 Å². The third-order valence-corrected chi connectivity index (χ3v) is 4.81. The van der Waals surface area contributed by atoms with Gasteiger partial charge in [-0.2, -0.15) is 10.2 Å². The number of hydrazone groups is 1. The molecule has 0 fully saturated rings. The predicted octanol–water partition coefficient (Wildman–Crippen LogP) is 3.23. The second kappa shape index (κ2) is 8.18. The van der Waals surface area contributed by atoms with E-state index in [-0.39, 0.29) is 11.7 Å². The molecule has 4 rings (SSSR count). The van der Waals surface area contributed by atoms with E-state index in [1.807, 2.05) is 41.9 Å². The first-order chi connectivity index (χ1) is 14.2. The van der Waals surface area contributed by atoms with Crippen LogP contribution in [0, 0.1) is 0 Å². The maximum Gasteiger partial charge on any atom is 0.292 e. The molecule has 0 atom stereocenters. The third-order valence-electron chi connectivity index (χ3n) is 4.81. The van der Waals surface area contributed by atoms with E-state index in [4.69, 9.17) is 4.74 Å². The molecule has 7 nitrogen and oxygen atoms in total. The zero-order chi connectivity index (χ0) is 20.2. The number of phenols is 1. The molecule has 0 spiro atoms. The summed E-state index contributed by atoms with van der Waals surface area (Å²) in [7, 11) is 0. The van der Waals surface area contributed by atoms with E-state index in [0.29, 0.717) is 23.6 Å². The van der Waals surface area contributed by atoms with Crippen LogP contribution in [0.4, 0.5) is 0 Å². The van der Waals surface area contributed by atoms with Crippen LogP contribution < -0.4 is 10.2 Å². The Morgan fingerprint density at radius 2 is 2.10 bits per heavy atom. The third kappa shape index (κ3) is 3.85. The van der Waals surface area contributed by atoms with Crippen LogP contribution in [0.3, 0.4) is 0 Å². The van der Waals surface area contributed by atoms with Gasteiger partial charge in [0, 0.05) is 11.3 Å². The lowest BCUT2D eigenvalue weighted by Gasteiger charge is -2.06. The predicted molar refractivity (Wildman–Crippen MR) is 110 cm³/mol. The van der Waals surface area contributed by atoms with Crippen LogP contribution in [0.1, 0.15) is 40.7 Å². The number of benzene rings is 2. The number of phenolic OH excluding ortho intramolecular Hbond substituents is 1. The molecule has 2 aromatic carbocycles. The summed E-state index contributed by atoms with van der Waals surface area (Å²) in [5.41, 5.74) is 6.70. The Morgan fingerprint density at radius 1 is 1.28 bits per heavy atom. The first-order valence-electron chi connectivity index (χ1n) is 9.62. The Balaban J connectivity index is 1.53. The van der Waals surface area contributed by atoms with E-state index in [1.165, 1.54) is 12.3 Å². The number of para-hydroxylation sites is 1. The van der Waals surface area contributed by atoms with Crippen molar-refractivity contribution in [1.29, 1.82) is 0 Å². The number of hydrogen-bond donors (Lipinski definition) is 2. The summed E-state index contributed by atoms with van der Waals surface area (Å²) in [6.45, 7) is 2.29. The first-order valence-corrected chi connectivity index (χ1v) is 9.62. The first kappa shape index (κ1) is 18.7. The molecular formula is C22H22N4O3. The van der Waals surface area contributed by atoms with Gasteiger partial charge in [-0.1, -0.05) is 18.2 Å². The van der Waals surface area contributed by atoms with Crippen molar-refractivity contribution in [1.82, 2.24) is 15.2 Å². The molecule has 0 radical (unpaired) electrons. The van der Waals surface area contributed by atoms with Gasteiger partial charge in [-0.3, -0.25) is 4.79 Å². The lowest BCUT2D eigenvalue weighted by Crippen LogP contribution is -2.20. The number of fused-ring (bicyclic) bond motifs is 1. The van der Waals surface area contributed by atoms with Crippen LogP contribution in [-0.2, 0) is 12.8 Å². The summed E-state index contributed by atoms with van der Waals surface area (Å²) < 4.78 is 7.21. The standard InChI is InChI=1S/C22H22N4O3/c1-2-29-20-13-15(11-12-19(20)27)14-23-24-22(28)21-17-9-6-10-18(17)26(25-21)16-7-4-3-5-8-16/h3-5,7-8,11-14,27H,2,6,9-10H2,1H3,(H,24,28)/b23-14+. The lowest BCUT2D eigenvalue weighted by atomic mass is 10.2. The van der Waals surface area contributed by atoms with Gasteiger partial charge in [0.15, 0.2) is 17.2 Å². The average molecular weight is 390 g/mol. The number of amides is 1. The number of nitrogens with zero attached hydrogens (tertiary/aromatic N) is 3. The molecule has 148 valence electrons. The topological polar surface area (TPSA) is 88.7 Å². The van der Waals surface area contributed by atoms with E-state index in [0.717, 1.165) is 36.2 Å². The minimum absolute atomic E-state index is 0.0649. The highest BCUT2D eigenvalue weighted by Gasteiger charge is 2.26. The number of aromatic hydroxyl groups is 1. The van der Waals surface area contributed by atoms with Crippen LogP contribution in [0.2, 0.25) is 0 Å². The maximum atomic E-state index is 12.7. The highest BCUT2D eigenvalue weighted by atomic mass is 16.5. The van der Waals surface area contributed by atoms with E-state index in [2.05, 4.69) is 15.6 Å². The van der Waals surface area contributed by atoms with Crippen molar-refractivity contribution in [3.63, 3.8) is 0 Å². The molecular weight excluding hydrogens is 368 g/mol. The molecule has 0 bridgehead atoms. The molecule has 29 heavy (non-hydrogen) atoms. The van der Waals surface area contributed by atoms with Crippen LogP contribution in [-0.4, -0.2) is 33.6 Å². The molecule has 1 heterocycles. The Labute approximate surface area is 168 Å². The van der Waals surface area contributed by atoms with Gasteiger partial charge in [0.1, 0.15) is 0 Å². The monoisotopic (exact) mass is 390 g/mol. The van der Waals surface area contributed by atoms with Crippen LogP contribution in [0.25, 0.3) is 5.69 Å². The van der Waals surface area contributed by atoms with Gasteiger partial charge in [0.2, 0.25) is 0 Å². The number of carbonyl (C=O) groups is 1. The van der Waals surface area contributed by atoms with Crippen molar-refractivity contribution in [2.45, 2.75) is 26.2 Å². The van der Waals surface area contributed by atoms with Gasteiger partial charge in [-0.25, -0.2) is 10.1 Å². The lowest BCUT2D eigenvalue weighted by molar-refractivity contribution is 0.0949. The van der Waals surface area contributed by atoms with Crippen molar-refractivity contribution in [3.05, 3.63) is 71.0 Å². The highest BCUT2D eigenvalue weighted by molar-refractivity contribution is 5.95. The number of nitrogens with one attached hydrogen (secondary N) is 1. The molecule has 1 amide bonds. The number of hydrogen-bond acceptors (Lipinski definition) is 5. The van der Waals surface area contributed by atoms with Crippen molar-refractivity contribution in [2.75, 3.05) is 6.61 Å². The van der Waals surface area contributed by atoms with Crippen molar-refractivity contribution in [2.24, 2.45) is 5.10 Å². The summed E-state index contributed by atoms with van der Waals surface area (Å²) in [5.74, 6) is 0.107. The molecule has 0 saturated heterocycles. The second-order valence-electron chi connectivity index (χ2n) is 6.73. The van der Waals surface area contributed by atoms with E-state index >= 15 is 0 Å². The number of ether oxygens (including phenoxy) is 1. The number of aromatic nitrogens is 2. The zero-order valence-corrected chi connectivity index (χ0v) is 16.1. The fourth-order valence-electron chi connectivity index (χ4n) is 3.50. The smallest absolute Gasteiger partial charge is 0.292 e. The molecule has 1 aromatic heterocycles. The quantitative estimate of drug-likeness (QED) is 0.500. The second-order valence-corrected chi connectivity index (χ2v) is 6.73. The zero-order valence-electron chi connectivity index (χ0n) is 16.1. The van der Waals surface area contributed by atoms with Gasteiger partial charge in [0.05, 0.1) is 18.5 Å². The number of carbonyl (C=O) groups excluding carboxylic acids is 1. The van der Waals surface area contributed by atoms with E-state index in [9.17, 15) is 9.90 Å². The van der Waals surface area contributed by atoms with Gasteiger partial charge in [-0.05, 0) is 62.1 Å².